The molecule has 0 aromatic rings. The standard InChI is InChI=1S/C49H95NO3Si/c1-7-10-12-14-16-17-18-19-20-21-22-23-24-29-35-41-49(53-54(5,6)52-45-38-32-30-36-43-50(4)42-9-3)51-44-37-31-26-25-28-34-40-48-46-47(48)39-33-27-15-13-11-8-2/h3,19-20,47-49H,7-8,10-18,21-46H2,1-2,4-6H3/b20-19-. The van der Waals surface area contributed by atoms with Crippen LogP contribution in [0.25, 0.3) is 0 Å². The lowest BCUT2D eigenvalue weighted by molar-refractivity contribution is -0.104. The first kappa shape index (κ1) is 51.4. The molecule has 0 N–H and O–H groups in total. The fourth-order valence-corrected chi connectivity index (χ4v) is 9.46. The monoisotopic (exact) mass is 774 g/mol. The number of unbranched alkanes of at least 4 members (excludes halogenated alkanes) is 24. The van der Waals surface area contributed by atoms with Crippen molar-refractivity contribution in [1.29, 1.82) is 0 Å². The van der Waals surface area contributed by atoms with Crippen LogP contribution >= 0.6 is 0 Å². The molecule has 0 aliphatic heterocycles. The lowest BCUT2D eigenvalue weighted by atomic mass is 10.0. The highest BCUT2D eigenvalue weighted by Crippen LogP contribution is 2.45. The van der Waals surface area contributed by atoms with Crippen molar-refractivity contribution < 1.29 is 13.6 Å². The Labute approximate surface area is 340 Å². The molecule has 4 nitrogen and oxygen atoms in total. The van der Waals surface area contributed by atoms with Gasteiger partial charge in [-0.2, -0.15) is 0 Å². The first-order valence-corrected chi connectivity index (χ1v) is 26.9. The van der Waals surface area contributed by atoms with Crippen LogP contribution in [-0.4, -0.2) is 53.1 Å². The number of hydrogen-bond acceptors (Lipinski definition) is 4. The average molecular weight is 774 g/mol. The average Bonchev–Trinajstić information content (AvgIpc) is 3.91. The second-order valence-electron chi connectivity index (χ2n) is 17.6. The van der Waals surface area contributed by atoms with Gasteiger partial charge in [-0.3, -0.25) is 4.90 Å². The van der Waals surface area contributed by atoms with E-state index in [1.54, 1.807) is 0 Å². The van der Waals surface area contributed by atoms with E-state index in [9.17, 15) is 0 Å². The number of ether oxygens (including phenoxy) is 1. The molecule has 1 saturated carbocycles. The fourth-order valence-electron chi connectivity index (χ4n) is 7.93. The van der Waals surface area contributed by atoms with Gasteiger partial charge in [-0.25, -0.2) is 0 Å². The molecular weight excluding hydrogens is 679 g/mol. The van der Waals surface area contributed by atoms with Crippen LogP contribution in [-0.2, 0) is 13.6 Å². The predicted molar refractivity (Wildman–Crippen MR) is 240 cm³/mol. The molecule has 1 aliphatic carbocycles. The zero-order chi connectivity index (χ0) is 39.2. The smallest absolute Gasteiger partial charge is 0.333 e. The van der Waals surface area contributed by atoms with Crippen molar-refractivity contribution in [3.05, 3.63) is 12.2 Å². The minimum Gasteiger partial charge on any atom is -0.394 e. The highest BCUT2D eigenvalue weighted by atomic mass is 28.4. The molecule has 0 saturated heterocycles. The van der Waals surface area contributed by atoms with Gasteiger partial charge < -0.3 is 13.6 Å². The van der Waals surface area contributed by atoms with Crippen LogP contribution in [0.1, 0.15) is 226 Å². The molecule has 0 amide bonds. The second-order valence-corrected chi connectivity index (χ2v) is 20.9. The van der Waals surface area contributed by atoms with Crippen LogP contribution in [0.4, 0.5) is 0 Å². The number of rotatable bonds is 43. The maximum atomic E-state index is 6.65. The van der Waals surface area contributed by atoms with E-state index in [-0.39, 0.29) is 6.29 Å². The Kier molecular flexibility index (Phi) is 36.1. The Morgan fingerprint density at radius 3 is 1.63 bits per heavy atom. The molecule has 0 aromatic heterocycles. The number of hydrogen-bond donors (Lipinski definition) is 0. The van der Waals surface area contributed by atoms with Gasteiger partial charge in [0, 0.05) is 13.2 Å². The summed E-state index contributed by atoms with van der Waals surface area (Å²) in [6.45, 7) is 12.4. The van der Waals surface area contributed by atoms with Crippen LogP contribution in [0.15, 0.2) is 12.2 Å². The quantitative estimate of drug-likeness (QED) is 0.0203. The van der Waals surface area contributed by atoms with E-state index < -0.39 is 8.56 Å². The third-order valence-electron chi connectivity index (χ3n) is 11.6. The minimum atomic E-state index is -2.25. The minimum absolute atomic E-state index is 0.119. The van der Waals surface area contributed by atoms with Gasteiger partial charge >= 0.3 is 8.56 Å². The first-order chi connectivity index (χ1) is 26.4. The van der Waals surface area contributed by atoms with Crippen molar-refractivity contribution in [1.82, 2.24) is 4.90 Å². The lowest BCUT2D eigenvalue weighted by Gasteiger charge is -2.29. The van der Waals surface area contributed by atoms with Crippen LogP contribution in [0.2, 0.25) is 13.1 Å². The van der Waals surface area contributed by atoms with E-state index in [2.05, 4.69) is 57.0 Å². The maximum Gasteiger partial charge on any atom is 0.333 e. The molecule has 0 aromatic carbocycles. The largest absolute Gasteiger partial charge is 0.394 e. The van der Waals surface area contributed by atoms with Gasteiger partial charge in [-0.15, -0.1) is 6.42 Å². The van der Waals surface area contributed by atoms with Crippen LogP contribution < -0.4 is 0 Å². The summed E-state index contributed by atoms with van der Waals surface area (Å²) in [6.07, 6.45) is 54.3. The van der Waals surface area contributed by atoms with E-state index in [1.807, 2.05) is 0 Å². The summed E-state index contributed by atoms with van der Waals surface area (Å²) in [6, 6.07) is 0. The molecule has 1 aliphatic rings. The normalized spacial score (nSPS) is 16.5. The summed E-state index contributed by atoms with van der Waals surface area (Å²) in [7, 11) is -0.147. The lowest BCUT2D eigenvalue weighted by Crippen LogP contribution is -2.40. The topological polar surface area (TPSA) is 30.9 Å². The molecule has 0 bridgehead atoms. The summed E-state index contributed by atoms with van der Waals surface area (Å²) in [5.74, 6) is 4.88. The summed E-state index contributed by atoms with van der Waals surface area (Å²) >= 11 is 0. The predicted octanol–water partition coefficient (Wildman–Crippen LogP) is 15.3. The van der Waals surface area contributed by atoms with Crippen molar-refractivity contribution in [2.45, 2.75) is 245 Å². The third kappa shape index (κ3) is 34.6. The van der Waals surface area contributed by atoms with Crippen molar-refractivity contribution >= 4 is 8.56 Å². The maximum absolute atomic E-state index is 6.65. The molecule has 3 atom stereocenters. The Balaban J connectivity index is 2.23. The number of terminal acetylenes is 1. The van der Waals surface area contributed by atoms with Gasteiger partial charge in [0.1, 0.15) is 6.29 Å². The van der Waals surface area contributed by atoms with Crippen LogP contribution in [0.3, 0.4) is 0 Å². The molecule has 1 fully saturated rings. The molecule has 5 heteroatoms. The van der Waals surface area contributed by atoms with Crippen molar-refractivity contribution in [3.63, 3.8) is 0 Å². The van der Waals surface area contributed by atoms with Gasteiger partial charge in [0.2, 0.25) is 0 Å². The Morgan fingerprint density at radius 1 is 0.611 bits per heavy atom. The highest BCUT2D eigenvalue weighted by molar-refractivity contribution is 6.64. The van der Waals surface area contributed by atoms with Gasteiger partial charge in [0.05, 0.1) is 6.54 Å². The molecule has 318 valence electrons. The van der Waals surface area contributed by atoms with Crippen LogP contribution in [0.5, 0.6) is 0 Å². The molecule has 1 rings (SSSR count). The van der Waals surface area contributed by atoms with Gasteiger partial charge in [-0.1, -0.05) is 180 Å². The van der Waals surface area contributed by atoms with E-state index >= 15 is 0 Å². The second kappa shape index (κ2) is 37.9. The molecule has 54 heavy (non-hydrogen) atoms. The molecular formula is C49H95NO3Si. The van der Waals surface area contributed by atoms with Crippen molar-refractivity contribution in [2.75, 3.05) is 33.4 Å². The van der Waals surface area contributed by atoms with E-state index in [0.717, 1.165) is 57.4 Å². The number of allylic oxidation sites excluding steroid dienone is 2. The summed E-state index contributed by atoms with van der Waals surface area (Å²) in [5, 5.41) is 0. The van der Waals surface area contributed by atoms with Crippen LogP contribution in [0, 0.1) is 24.2 Å². The van der Waals surface area contributed by atoms with E-state index in [4.69, 9.17) is 20.0 Å². The molecule has 0 spiro atoms. The Morgan fingerprint density at radius 2 is 1.07 bits per heavy atom. The van der Waals surface area contributed by atoms with Crippen molar-refractivity contribution in [2.24, 2.45) is 11.8 Å². The Bertz CT molecular complexity index is 856. The third-order valence-corrected chi connectivity index (χ3v) is 13.4. The van der Waals surface area contributed by atoms with Gasteiger partial charge in [0.25, 0.3) is 0 Å². The van der Waals surface area contributed by atoms with Gasteiger partial charge in [-0.05, 0) is 103 Å². The first-order valence-electron chi connectivity index (χ1n) is 24.1. The number of nitrogens with zero attached hydrogens (tertiary/aromatic N) is 1. The van der Waals surface area contributed by atoms with E-state index in [1.165, 1.54) is 193 Å². The zero-order valence-corrected chi connectivity index (χ0v) is 38.3. The molecule has 3 unspecified atom stereocenters. The van der Waals surface area contributed by atoms with Crippen molar-refractivity contribution in [3.8, 4) is 12.3 Å². The Hall–Kier alpha value is -0.643. The summed E-state index contributed by atoms with van der Waals surface area (Å²) in [5.41, 5.74) is 0. The fraction of sp³-hybridized carbons (Fsp3) is 0.918. The summed E-state index contributed by atoms with van der Waals surface area (Å²) < 4.78 is 19.5. The highest BCUT2D eigenvalue weighted by Gasteiger charge is 2.35. The molecule has 0 heterocycles. The SMILES string of the molecule is C#CCN(C)CCCCCCO[Si](C)(C)OC(CCCCCCC/C=C\CCCCCCCC)OCCCCCCCCC1CC1CCCCCCCC. The summed E-state index contributed by atoms with van der Waals surface area (Å²) in [4.78, 5) is 2.22. The van der Waals surface area contributed by atoms with Gasteiger partial charge in [0.15, 0.2) is 0 Å². The molecule has 0 radical (unpaired) electrons. The zero-order valence-electron chi connectivity index (χ0n) is 37.3. The van der Waals surface area contributed by atoms with E-state index in [0.29, 0.717) is 0 Å².